The summed E-state index contributed by atoms with van der Waals surface area (Å²) < 4.78 is 18.0. The first-order chi connectivity index (χ1) is 19.1. The summed E-state index contributed by atoms with van der Waals surface area (Å²) in [6, 6.07) is 20.7. The van der Waals surface area contributed by atoms with Gasteiger partial charge in [-0.05, 0) is 60.4 Å². The van der Waals surface area contributed by atoms with Gasteiger partial charge in [0.25, 0.3) is 0 Å². The molecule has 0 N–H and O–H groups in total. The van der Waals surface area contributed by atoms with Gasteiger partial charge in [-0.15, -0.1) is 5.10 Å². The van der Waals surface area contributed by atoms with E-state index in [1.54, 1.807) is 12.0 Å². The fourth-order valence-electron chi connectivity index (χ4n) is 6.01. The fourth-order valence-corrected chi connectivity index (χ4v) is 6.01. The van der Waals surface area contributed by atoms with Crippen molar-refractivity contribution in [2.75, 3.05) is 27.0 Å². The quantitative estimate of drug-likeness (QED) is 0.372. The van der Waals surface area contributed by atoms with E-state index < -0.39 is 0 Å². The predicted molar refractivity (Wildman–Crippen MR) is 141 cm³/mol. The van der Waals surface area contributed by atoms with Gasteiger partial charge in [0, 0.05) is 19.1 Å². The maximum atomic E-state index is 13.8. The lowest BCUT2D eigenvalue weighted by Gasteiger charge is -2.53. The molecule has 2 atom stereocenters. The van der Waals surface area contributed by atoms with Crippen LogP contribution < -0.4 is 14.2 Å². The van der Waals surface area contributed by atoms with Crippen molar-refractivity contribution in [3.8, 4) is 17.2 Å². The first kappa shape index (κ1) is 23.5. The number of hydrogen-bond donors (Lipinski definition) is 0. The molecule has 7 rings (SSSR count). The third-order valence-electron chi connectivity index (χ3n) is 7.99. The molecule has 2 fully saturated rings. The number of fused-ring (bicyclic) bond motifs is 2. The summed E-state index contributed by atoms with van der Waals surface area (Å²) in [6.45, 7) is 1.25. The van der Waals surface area contributed by atoms with Crippen LogP contribution in [0.25, 0.3) is 11.0 Å². The molecule has 198 valence electrons. The van der Waals surface area contributed by atoms with Crippen molar-refractivity contribution in [1.82, 2.24) is 24.8 Å². The Morgan fingerprint density at radius 3 is 2.62 bits per heavy atom. The van der Waals surface area contributed by atoms with Crippen LogP contribution in [0.5, 0.6) is 17.2 Å². The second kappa shape index (κ2) is 9.30. The molecular weight excluding hydrogens is 498 g/mol. The molecule has 4 heterocycles. The average Bonchev–Trinajstić information content (AvgIpc) is 3.63. The Bertz CT molecular complexity index is 1580. The number of para-hydroxylation sites is 1. The topological polar surface area (TPSA) is 99.0 Å². The molecule has 2 saturated heterocycles. The zero-order chi connectivity index (χ0) is 26.5. The lowest BCUT2D eigenvalue weighted by molar-refractivity contribution is -0.156. The highest BCUT2D eigenvalue weighted by Crippen LogP contribution is 2.51. The second-order valence-corrected chi connectivity index (χ2v) is 10.0. The van der Waals surface area contributed by atoms with Crippen LogP contribution >= 0.6 is 0 Å². The molecule has 3 aromatic carbocycles. The second-order valence-electron chi connectivity index (χ2n) is 10.0. The number of rotatable bonds is 4. The number of likely N-dealkylation sites (tertiary alicyclic amines) is 2. The zero-order valence-electron chi connectivity index (χ0n) is 21.4. The van der Waals surface area contributed by atoms with E-state index in [-0.39, 0.29) is 36.7 Å². The molecule has 0 aliphatic carbocycles. The fraction of sp³-hybridized carbons (Fsp3) is 0.310. The number of aromatic nitrogens is 3. The lowest BCUT2D eigenvalue weighted by atomic mass is 9.75. The summed E-state index contributed by atoms with van der Waals surface area (Å²) in [7, 11) is 1.63. The monoisotopic (exact) mass is 525 g/mol. The van der Waals surface area contributed by atoms with Gasteiger partial charge in [0.15, 0.2) is 11.5 Å². The van der Waals surface area contributed by atoms with Gasteiger partial charge in [0.05, 0.1) is 24.6 Å². The Balaban J connectivity index is 1.14. The largest absolute Gasteiger partial charge is 0.497 e. The molecule has 0 saturated carbocycles. The summed E-state index contributed by atoms with van der Waals surface area (Å²) in [6.07, 6.45) is 1.35. The van der Waals surface area contributed by atoms with E-state index >= 15 is 0 Å². The molecule has 10 nitrogen and oxygen atoms in total. The number of ether oxygens (including phenoxy) is 3. The van der Waals surface area contributed by atoms with Crippen molar-refractivity contribution >= 4 is 23.0 Å². The van der Waals surface area contributed by atoms with Gasteiger partial charge in [-0.3, -0.25) is 4.79 Å². The van der Waals surface area contributed by atoms with E-state index in [0.717, 1.165) is 16.9 Å². The van der Waals surface area contributed by atoms with E-state index in [1.165, 1.54) is 4.68 Å². The molecule has 3 aliphatic rings. The van der Waals surface area contributed by atoms with Crippen LogP contribution in [0.15, 0.2) is 66.7 Å². The first-order valence-electron chi connectivity index (χ1n) is 13.1. The highest BCUT2D eigenvalue weighted by Gasteiger charge is 2.52. The van der Waals surface area contributed by atoms with Crippen molar-refractivity contribution in [2.45, 2.75) is 30.8 Å². The van der Waals surface area contributed by atoms with Crippen LogP contribution in [0.1, 0.15) is 35.9 Å². The molecule has 10 heteroatoms. The molecule has 0 spiro atoms. The highest BCUT2D eigenvalue weighted by molar-refractivity contribution is 5.92. The number of benzene rings is 3. The van der Waals surface area contributed by atoms with E-state index in [4.69, 9.17) is 14.2 Å². The van der Waals surface area contributed by atoms with Gasteiger partial charge in [-0.2, -0.15) is 4.68 Å². The molecule has 1 aromatic heterocycles. The van der Waals surface area contributed by atoms with Crippen molar-refractivity contribution < 1.29 is 23.8 Å². The van der Waals surface area contributed by atoms with Crippen molar-refractivity contribution in [3.05, 3.63) is 77.9 Å². The number of hydrogen-bond acceptors (Lipinski definition) is 7. The van der Waals surface area contributed by atoms with Gasteiger partial charge in [-0.25, -0.2) is 4.79 Å². The Morgan fingerprint density at radius 1 is 0.949 bits per heavy atom. The maximum Gasteiger partial charge on any atom is 0.346 e. The van der Waals surface area contributed by atoms with Crippen LogP contribution in [-0.2, 0) is 4.79 Å². The van der Waals surface area contributed by atoms with Crippen LogP contribution in [0.2, 0.25) is 0 Å². The normalized spacial score (nSPS) is 20.8. The van der Waals surface area contributed by atoms with E-state index in [2.05, 4.69) is 10.3 Å². The van der Waals surface area contributed by atoms with Crippen LogP contribution in [-0.4, -0.2) is 69.8 Å². The van der Waals surface area contributed by atoms with Crippen molar-refractivity contribution in [2.24, 2.45) is 0 Å². The number of β-lactam (4-membered cyclic amide) rings is 1. The van der Waals surface area contributed by atoms with Gasteiger partial charge in [-0.1, -0.05) is 35.5 Å². The van der Waals surface area contributed by atoms with E-state index in [1.807, 2.05) is 71.6 Å². The smallest absolute Gasteiger partial charge is 0.346 e. The number of methoxy groups -OCH3 is 1. The SMILES string of the molecule is COc1cccc([C@H]2C(=O)N(C3CCN(C(=O)n4nnc5ccccc54)CC3)[C@@H]2c2ccc3c(c2)OCO3)c1. The molecule has 2 amide bonds. The Morgan fingerprint density at radius 2 is 1.77 bits per heavy atom. The molecular formula is C29H27N5O5. The summed E-state index contributed by atoms with van der Waals surface area (Å²) in [5.74, 6) is 1.87. The number of carbonyl (C=O) groups is 2. The minimum Gasteiger partial charge on any atom is -0.497 e. The minimum atomic E-state index is -0.332. The summed E-state index contributed by atoms with van der Waals surface area (Å²) in [5.41, 5.74) is 3.29. The highest BCUT2D eigenvalue weighted by atomic mass is 16.7. The first-order valence-corrected chi connectivity index (χ1v) is 13.1. The summed E-state index contributed by atoms with van der Waals surface area (Å²) in [5, 5.41) is 8.19. The number of carbonyl (C=O) groups excluding carboxylic acids is 2. The Hall–Kier alpha value is -4.60. The van der Waals surface area contributed by atoms with Gasteiger partial charge >= 0.3 is 6.03 Å². The third kappa shape index (κ3) is 3.86. The van der Waals surface area contributed by atoms with Crippen molar-refractivity contribution in [3.63, 3.8) is 0 Å². The third-order valence-corrected chi connectivity index (χ3v) is 7.99. The van der Waals surface area contributed by atoms with Gasteiger partial charge < -0.3 is 24.0 Å². The van der Waals surface area contributed by atoms with Gasteiger partial charge in [0.1, 0.15) is 11.3 Å². The minimum absolute atomic E-state index is 0.00585. The van der Waals surface area contributed by atoms with Crippen molar-refractivity contribution in [1.29, 1.82) is 0 Å². The molecule has 3 aliphatic heterocycles. The lowest BCUT2D eigenvalue weighted by Crippen LogP contribution is -2.60. The Labute approximate surface area is 224 Å². The summed E-state index contributed by atoms with van der Waals surface area (Å²) >= 11 is 0. The number of nitrogens with zero attached hydrogens (tertiary/aromatic N) is 5. The molecule has 0 radical (unpaired) electrons. The summed E-state index contributed by atoms with van der Waals surface area (Å²) in [4.78, 5) is 30.8. The number of amides is 2. The average molecular weight is 526 g/mol. The van der Waals surface area contributed by atoms with E-state index in [9.17, 15) is 9.59 Å². The molecule has 4 aromatic rings. The molecule has 0 bridgehead atoms. The Kier molecular flexibility index (Phi) is 5.61. The molecule has 0 unspecified atom stereocenters. The predicted octanol–water partition coefficient (Wildman–Crippen LogP) is 3.97. The van der Waals surface area contributed by atoms with Gasteiger partial charge in [0.2, 0.25) is 12.7 Å². The van der Waals surface area contributed by atoms with Crippen LogP contribution in [0, 0.1) is 0 Å². The van der Waals surface area contributed by atoms with Crippen LogP contribution in [0.3, 0.4) is 0 Å². The molecule has 39 heavy (non-hydrogen) atoms. The number of piperidine rings is 1. The standard InChI is InChI=1S/C29H27N5O5/c1-37-21-6-4-5-18(15-21)26-27(19-9-10-24-25(16-19)39-17-38-24)33(28(26)35)20-11-13-32(14-12-20)29(36)34-23-8-3-2-7-22(23)30-31-34/h2-10,15-16,20,26-27H,11-14,17H2,1H3/t26-,27-/m1/s1. The van der Waals surface area contributed by atoms with E-state index in [0.29, 0.717) is 48.5 Å². The zero-order valence-corrected chi connectivity index (χ0v) is 21.4. The maximum absolute atomic E-state index is 13.8. The van der Waals surface area contributed by atoms with Crippen LogP contribution in [0.4, 0.5) is 4.79 Å².